The maximum atomic E-state index is 13.7. The third kappa shape index (κ3) is 2.94. The summed E-state index contributed by atoms with van der Waals surface area (Å²) in [5.41, 5.74) is 3.33. The molecule has 0 spiro atoms. The molecule has 5 rings (SSSR count). The number of nitrogens with one attached hydrogen (secondary N) is 1. The van der Waals surface area contributed by atoms with Gasteiger partial charge in [-0.15, -0.1) is 0 Å². The van der Waals surface area contributed by atoms with E-state index < -0.39 is 5.54 Å². The van der Waals surface area contributed by atoms with Crippen molar-refractivity contribution in [1.29, 1.82) is 5.41 Å². The van der Waals surface area contributed by atoms with Gasteiger partial charge in [-0.25, -0.2) is 0 Å². The molecule has 0 aromatic heterocycles. The number of hydrogen-bond acceptors (Lipinski definition) is 2. The van der Waals surface area contributed by atoms with Crippen molar-refractivity contribution >= 4 is 33.2 Å². The van der Waals surface area contributed by atoms with E-state index in [2.05, 4.69) is 15.9 Å². The van der Waals surface area contributed by atoms with E-state index in [-0.39, 0.29) is 11.6 Å². The smallest absolute Gasteiger partial charge is 0.278 e. The van der Waals surface area contributed by atoms with E-state index in [9.17, 15) is 4.79 Å². The van der Waals surface area contributed by atoms with Crippen molar-refractivity contribution in [3.63, 3.8) is 0 Å². The van der Waals surface area contributed by atoms with Crippen LogP contribution in [0.1, 0.15) is 22.3 Å². The summed E-state index contributed by atoms with van der Waals surface area (Å²) in [6.45, 7) is 0. The van der Waals surface area contributed by atoms with Crippen LogP contribution in [0.25, 0.3) is 0 Å². The van der Waals surface area contributed by atoms with Crippen molar-refractivity contribution in [3.8, 4) is 0 Å². The molecule has 0 atom stereocenters. The van der Waals surface area contributed by atoms with Crippen molar-refractivity contribution in [2.45, 2.75) is 5.54 Å². The van der Waals surface area contributed by atoms with E-state index >= 15 is 0 Å². The van der Waals surface area contributed by atoms with Gasteiger partial charge in [0.15, 0.2) is 0 Å². The first kappa shape index (κ1) is 19.5. The number of benzene rings is 4. The van der Waals surface area contributed by atoms with Crippen molar-refractivity contribution in [2.75, 3.05) is 4.90 Å². The van der Waals surface area contributed by atoms with Crippen molar-refractivity contribution < 1.29 is 4.79 Å². The first-order valence-electron chi connectivity index (χ1n) is 10.0. The van der Waals surface area contributed by atoms with Crippen LogP contribution in [0.3, 0.4) is 0 Å². The SMILES string of the molecule is N=C1C(=O)N(C(c2ccccc2)(c2ccccc2)c2ccccc2)c2ccc(Br)cc21. The van der Waals surface area contributed by atoms with Gasteiger partial charge < -0.3 is 0 Å². The van der Waals surface area contributed by atoms with Gasteiger partial charge in [-0.3, -0.25) is 15.1 Å². The number of nitrogens with zero attached hydrogens (tertiary/aromatic N) is 1. The highest BCUT2D eigenvalue weighted by Gasteiger charge is 2.50. The predicted octanol–water partition coefficient (Wildman–Crippen LogP) is 6.16. The van der Waals surface area contributed by atoms with Crippen LogP contribution in [0.4, 0.5) is 5.69 Å². The summed E-state index contributed by atoms with van der Waals surface area (Å²) in [5, 5.41) is 8.62. The van der Waals surface area contributed by atoms with E-state index in [4.69, 9.17) is 5.41 Å². The van der Waals surface area contributed by atoms with E-state index in [1.54, 1.807) is 4.90 Å². The second kappa shape index (κ2) is 7.64. The molecule has 4 heteroatoms. The molecule has 31 heavy (non-hydrogen) atoms. The Morgan fingerprint density at radius 3 is 1.58 bits per heavy atom. The van der Waals surface area contributed by atoms with Crippen molar-refractivity contribution in [3.05, 3.63) is 136 Å². The zero-order valence-corrected chi connectivity index (χ0v) is 18.2. The predicted molar refractivity (Wildman–Crippen MR) is 128 cm³/mol. The second-order valence-electron chi connectivity index (χ2n) is 7.49. The van der Waals surface area contributed by atoms with Crippen LogP contribution in [0, 0.1) is 5.41 Å². The molecule has 0 bridgehead atoms. The van der Waals surface area contributed by atoms with Crippen molar-refractivity contribution in [2.24, 2.45) is 0 Å². The van der Waals surface area contributed by atoms with Crippen LogP contribution in [0.5, 0.6) is 0 Å². The molecule has 0 saturated carbocycles. The molecule has 0 saturated heterocycles. The molecule has 150 valence electrons. The van der Waals surface area contributed by atoms with Crippen LogP contribution >= 0.6 is 15.9 Å². The number of halogens is 1. The molecule has 3 nitrogen and oxygen atoms in total. The molecule has 0 fully saturated rings. The molecule has 0 aliphatic carbocycles. The maximum Gasteiger partial charge on any atom is 0.278 e. The van der Waals surface area contributed by atoms with Gasteiger partial charge in [-0.05, 0) is 34.9 Å². The van der Waals surface area contributed by atoms with Gasteiger partial charge in [-0.2, -0.15) is 0 Å². The summed E-state index contributed by atoms with van der Waals surface area (Å²) < 4.78 is 0.843. The lowest BCUT2D eigenvalue weighted by Gasteiger charge is -2.43. The van der Waals surface area contributed by atoms with Gasteiger partial charge in [0.05, 0.1) is 5.69 Å². The largest absolute Gasteiger partial charge is 0.295 e. The fourth-order valence-corrected chi connectivity index (χ4v) is 4.86. The van der Waals surface area contributed by atoms with Gasteiger partial charge in [0.2, 0.25) is 0 Å². The first-order chi connectivity index (χ1) is 15.1. The number of hydrogen-bond donors (Lipinski definition) is 1. The van der Waals surface area contributed by atoms with Crippen molar-refractivity contribution in [1.82, 2.24) is 0 Å². The molecular weight excluding hydrogens is 448 g/mol. The number of rotatable bonds is 4. The van der Waals surface area contributed by atoms with Gasteiger partial charge in [0.1, 0.15) is 11.3 Å². The maximum absolute atomic E-state index is 13.7. The van der Waals surface area contributed by atoms with E-state index in [1.165, 1.54) is 0 Å². The number of fused-ring (bicyclic) bond motifs is 1. The van der Waals surface area contributed by atoms with Gasteiger partial charge in [-0.1, -0.05) is 107 Å². The Labute approximate surface area is 189 Å². The Hall–Kier alpha value is -3.50. The molecular formula is C27H19BrN2O. The Morgan fingerprint density at radius 1 is 0.677 bits per heavy atom. The van der Waals surface area contributed by atoms with E-state index in [1.807, 2.05) is 109 Å². The van der Waals surface area contributed by atoms with Crippen LogP contribution in [0.15, 0.2) is 114 Å². The van der Waals surface area contributed by atoms with Crippen LogP contribution < -0.4 is 4.90 Å². The average molecular weight is 467 g/mol. The minimum Gasteiger partial charge on any atom is -0.295 e. The Kier molecular flexibility index (Phi) is 4.79. The summed E-state index contributed by atoms with van der Waals surface area (Å²) >= 11 is 3.49. The summed E-state index contributed by atoms with van der Waals surface area (Å²) in [6, 6.07) is 35.9. The van der Waals surface area contributed by atoms with E-state index in [0.29, 0.717) is 5.56 Å². The Bertz CT molecular complexity index is 1170. The lowest BCUT2D eigenvalue weighted by molar-refractivity contribution is -0.113. The lowest BCUT2D eigenvalue weighted by atomic mass is 9.75. The Balaban J connectivity index is 1.93. The molecule has 1 aliphatic heterocycles. The first-order valence-corrected chi connectivity index (χ1v) is 10.8. The standard InChI is InChI=1S/C27H19BrN2O/c28-22-16-17-24-23(18-22)25(29)26(31)30(24)27(19-10-4-1-5-11-19,20-12-6-2-7-13-20)21-14-8-3-9-15-21/h1-18,29H. The molecule has 1 heterocycles. The topological polar surface area (TPSA) is 44.2 Å². The van der Waals surface area contributed by atoms with Crippen LogP contribution in [0.2, 0.25) is 0 Å². The van der Waals surface area contributed by atoms with Gasteiger partial charge in [0.25, 0.3) is 5.91 Å². The summed E-state index contributed by atoms with van der Waals surface area (Å²) in [4.78, 5) is 15.5. The van der Waals surface area contributed by atoms with Crippen LogP contribution in [-0.4, -0.2) is 11.6 Å². The third-order valence-corrected chi connectivity index (χ3v) is 6.29. The third-order valence-electron chi connectivity index (χ3n) is 5.80. The second-order valence-corrected chi connectivity index (χ2v) is 8.40. The Morgan fingerprint density at radius 2 is 1.13 bits per heavy atom. The minimum absolute atomic E-state index is 0.00321. The normalized spacial score (nSPS) is 13.4. The summed E-state index contributed by atoms with van der Waals surface area (Å²) in [5.74, 6) is -0.315. The lowest BCUT2D eigenvalue weighted by Crippen LogP contribution is -2.51. The number of anilines is 1. The zero-order valence-electron chi connectivity index (χ0n) is 16.6. The highest BCUT2D eigenvalue weighted by molar-refractivity contribution is 9.10. The summed E-state index contributed by atoms with van der Waals surface area (Å²) in [7, 11) is 0. The average Bonchev–Trinajstić information content (AvgIpc) is 3.07. The highest BCUT2D eigenvalue weighted by Crippen LogP contribution is 2.48. The fraction of sp³-hybridized carbons (Fsp3) is 0.0370. The zero-order chi connectivity index (χ0) is 21.4. The fourth-order valence-electron chi connectivity index (χ4n) is 4.50. The quantitative estimate of drug-likeness (QED) is 0.359. The molecule has 1 N–H and O–H groups in total. The monoisotopic (exact) mass is 466 g/mol. The minimum atomic E-state index is -0.924. The van der Waals surface area contributed by atoms with Gasteiger partial charge in [0, 0.05) is 10.0 Å². The van der Waals surface area contributed by atoms with E-state index in [0.717, 1.165) is 26.9 Å². The molecule has 4 aromatic carbocycles. The highest BCUT2D eigenvalue weighted by atomic mass is 79.9. The molecule has 1 amide bonds. The molecule has 0 radical (unpaired) electrons. The molecule has 0 unspecified atom stereocenters. The molecule has 1 aliphatic rings. The number of carbonyl (C=O) groups is 1. The molecule has 4 aromatic rings. The van der Waals surface area contributed by atoms with Crippen LogP contribution in [-0.2, 0) is 10.3 Å². The van der Waals surface area contributed by atoms with Gasteiger partial charge >= 0.3 is 0 Å². The summed E-state index contributed by atoms with van der Waals surface area (Å²) in [6.07, 6.45) is 0. The number of carbonyl (C=O) groups excluding carboxylic acids is 1. The number of amides is 1.